The van der Waals surface area contributed by atoms with E-state index in [1.54, 1.807) is 36.4 Å². The minimum absolute atomic E-state index is 0.154. The molecule has 4 rings (SSSR count). The number of piperidine rings is 1. The van der Waals surface area contributed by atoms with Crippen LogP contribution in [0.25, 0.3) is 0 Å². The van der Waals surface area contributed by atoms with E-state index in [0.717, 1.165) is 29.8 Å². The van der Waals surface area contributed by atoms with Gasteiger partial charge < -0.3 is 10.2 Å². The van der Waals surface area contributed by atoms with Crippen LogP contribution in [0.3, 0.4) is 0 Å². The van der Waals surface area contributed by atoms with Crippen molar-refractivity contribution in [2.45, 2.75) is 44.6 Å². The molecular formula is C28H33N3O3S. The second-order valence-corrected chi connectivity index (χ2v) is 11.0. The fourth-order valence-electron chi connectivity index (χ4n) is 4.47. The van der Waals surface area contributed by atoms with E-state index >= 15 is 0 Å². The summed E-state index contributed by atoms with van der Waals surface area (Å²) in [4.78, 5) is 15.5. The highest BCUT2D eigenvalue weighted by Crippen LogP contribution is 2.27. The van der Waals surface area contributed by atoms with Gasteiger partial charge in [-0.25, -0.2) is 8.42 Å². The lowest BCUT2D eigenvalue weighted by Gasteiger charge is -2.29. The number of hydrogen-bond donors (Lipinski definition) is 1. The van der Waals surface area contributed by atoms with Crippen LogP contribution in [-0.4, -0.2) is 34.0 Å². The average molecular weight is 492 g/mol. The summed E-state index contributed by atoms with van der Waals surface area (Å²) in [7, 11) is -3.92. The van der Waals surface area contributed by atoms with E-state index in [1.807, 2.05) is 38.1 Å². The molecular weight excluding hydrogens is 458 g/mol. The van der Waals surface area contributed by atoms with Gasteiger partial charge in [-0.05, 0) is 74.6 Å². The molecule has 0 radical (unpaired) electrons. The van der Waals surface area contributed by atoms with E-state index in [1.165, 1.54) is 29.3 Å². The van der Waals surface area contributed by atoms with Crippen molar-refractivity contribution in [3.63, 3.8) is 0 Å². The summed E-state index contributed by atoms with van der Waals surface area (Å²) in [6, 6.07) is 22.0. The number of hydrogen-bond acceptors (Lipinski definition) is 4. The molecule has 0 unspecified atom stereocenters. The van der Waals surface area contributed by atoms with Crippen molar-refractivity contribution >= 4 is 27.3 Å². The topological polar surface area (TPSA) is 69.7 Å². The normalized spacial score (nSPS) is 13.9. The predicted octanol–water partition coefficient (Wildman–Crippen LogP) is 4.81. The van der Waals surface area contributed by atoms with E-state index in [2.05, 4.69) is 22.3 Å². The first-order valence-electron chi connectivity index (χ1n) is 12.1. The Hall–Kier alpha value is -3.32. The van der Waals surface area contributed by atoms with E-state index in [-0.39, 0.29) is 17.3 Å². The molecule has 7 heteroatoms. The SMILES string of the molecule is Cc1ccc(N(CC(=O)NCc2ccc(N3CCCCC3)cc2)S(=O)(=O)c2ccccc2)c(C)c1. The number of carbonyl (C=O) groups excluding carboxylic acids is 1. The molecule has 1 N–H and O–H groups in total. The lowest BCUT2D eigenvalue weighted by molar-refractivity contribution is -0.119. The second kappa shape index (κ2) is 11.0. The first-order chi connectivity index (χ1) is 16.8. The largest absolute Gasteiger partial charge is 0.372 e. The molecule has 1 amide bonds. The predicted molar refractivity (Wildman–Crippen MR) is 141 cm³/mol. The van der Waals surface area contributed by atoms with Gasteiger partial charge in [-0.1, -0.05) is 48.0 Å². The Morgan fingerprint density at radius 1 is 0.914 bits per heavy atom. The first-order valence-corrected chi connectivity index (χ1v) is 13.5. The summed E-state index contributed by atoms with van der Waals surface area (Å²) in [5.41, 5.74) is 4.50. The monoisotopic (exact) mass is 491 g/mol. The van der Waals surface area contributed by atoms with Crippen molar-refractivity contribution in [3.8, 4) is 0 Å². The average Bonchev–Trinajstić information content (AvgIpc) is 2.88. The highest BCUT2D eigenvalue weighted by molar-refractivity contribution is 7.92. The van der Waals surface area contributed by atoms with Crippen molar-refractivity contribution in [3.05, 3.63) is 89.5 Å². The third kappa shape index (κ3) is 6.03. The van der Waals surface area contributed by atoms with Gasteiger partial charge in [-0.2, -0.15) is 0 Å². The van der Waals surface area contributed by atoms with Crippen molar-refractivity contribution in [1.82, 2.24) is 5.32 Å². The molecule has 6 nitrogen and oxygen atoms in total. The van der Waals surface area contributed by atoms with Gasteiger partial charge >= 0.3 is 0 Å². The maximum Gasteiger partial charge on any atom is 0.264 e. The summed E-state index contributed by atoms with van der Waals surface area (Å²) in [5, 5.41) is 2.89. The molecule has 3 aromatic rings. The number of aryl methyl sites for hydroxylation is 2. The van der Waals surface area contributed by atoms with Crippen LogP contribution in [0.4, 0.5) is 11.4 Å². The van der Waals surface area contributed by atoms with Crippen molar-refractivity contribution < 1.29 is 13.2 Å². The number of carbonyl (C=O) groups is 1. The van der Waals surface area contributed by atoms with Gasteiger partial charge in [0.05, 0.1) is 10.6 Å². The zero-order valence-corrected chi connectivity index (χ0v) is 21.2. The fourth-order valence-corrected chi connectivity index (χ4v) is 5.97. The molecule has 184 valence electrons. The van der Waals surface area contributed by atoms with Crippen LogP contribution >= 0.6 is 0 Å². The van der Waals surface area contributed by atoms with E-state index in [4.69, 9.17) is 0 Å². The third-order valence-electron chi connectivity index (χ3n) is 6.39. The maximum atomic E-state index is 13.5. The summed E-state index contributed by atoms with van der Waals surface area (Å²) < 4.78 is 28.2. The number of benzene rings is 3. The first kappa shape index (κ1) is 24.8. The van der Waals surface area contributed by atoms with E-state index < -0.39 is 10.0 Å². The van der Waals surface area contributed by atoms with Crippen LogP contribution in [-0.2, 0) is 21.4 Å². The number of anilines is 2. The molecule has 0 aliphatic carbocycles. The van der Waals surface area contributed by atoms with Crippen molar-refractivity contribution in [2.75, 3.05) is 28.8 Å². The number of amides is 1. The molecule has 0 bridgehead atoms. The molecule has 0 atom stereocenters. The lowest BCUT2D eigenvalue weighted by Crippen LogP contribution is -2.41. The smallest absolute Gasteiger partial charge is 0.264 e. The van der Waals surface area contributed by atoms with E-state index in [9.17, 15) is 13.2 Å². The Morgan fingerprint density at radius 3 is 2.26 bits per heavy atom. The standard InChI is InChI=1S/C28H33N3O3S/c1-22-11-16-27(23(2)19-22)31(35(33,34)26-9-5-3-6-10-26)21-28(32)29-20-24-12-14-25(15-13-24)30-17-7-4-8-18-30/h3,5-6,9-16,19H,4,7-8,17-18,20-21H2,1-2H3,(H,29,32). The second-order valence-electron chi connectivity index (χ2n) is 9.11. The zero-order chi connectivity index (χ0) is 24.8. The van der Waals surface area contributed by atoms with Crippen LogP contribution in [0.2, 0.25) is 0 Å². The molecule has 0 saturated carbocycles. The summed E-state index contributed by atoms with van der Waals surface area (Å²) in [6.07, 6.45) is 3.74. The van der Waals surface area contributed by atoms with Crippen molar-refractivity contribution in [2.24, 2.45) is 0 Å². The van der Waals surface area contributed by atoms with Crippen LogP contribution in [0.5, 0.6) is 0 Å². The van der Waals surface area contributed by atoms with Gasteiger partial charge in [0.15, 0.2) is 0 Å². The lowest BCUT2D eigenvalue weighted by atomic mass is 10.1. The van der Waals surface area contributed by atoms with Gasteiger partial charge in [-0.15, -0.1) is 0 Å². The molecule has 1 heterocycles. The molecule has 1 aliphatic rings. The Balaban J connectivity index is 1.48. The number of rotatable bonds is 8. The summed E-state index contributed by atoms with van der Waals surface area (Å²) in [6.45, 7) is 6.02. The molecule has 1 aliphatic heterocycles. The molecule has 3 aromatic carbocycles. The van der Waals surface area contributed by atoms with Crippen LogP contribution in [0.1, 0.15) is 36.0 Å². The van der Waals surface area contributed by atoms with Gasteiger partial charge in [-0.3, -0.25) is 9.10 Å². The highest BCUT2D eigenvalue weighted by atomic mass is 32.2. The Labute approximate surface area is 208 Å². The fraction of sp³-hybridized carbons (Fsp3) is 0.321. The minimum Gasteiger partial charge on any atom is -0.372 e. The van der Waals surface area contributed by atoms with Gasteiger partial charge in [0.2, 0.25) is 5.91 Å². The van der Waals surface area contributed by atoms with Gasteiger partial charge in [0, 0.05) is 25.3 Å². The highest BCUT2D eigenvalue weighted by Gasteiger charge is 2.28. The van der Waals surface area contributed by atoms with Crippen LogP contribution in [0.15, 0.2) is 77.7 Å². The van der Waals surface area contributed by atoms with Gasteiger partial charge in [0.25, 0.3) is 10.0 Å². The minimum atomic E-state index is -3.92. The Morgan fingerprint density at radius 2 is 1.60 bits per heavy atom. The Bertz CT molecular complexity index is 1250. The van der Waals surface area contributed by atoms with Gasteiger partial charge in [0.1, 0.15) is 6.54 Å². The molecule has 35 heavy (non-hydrogen) atoms. The van der Waals surface area contributed by atoms with Crippen LogP contribution in [0, 0.1) is 13.8 Å². The quantitative estimate of drug-likeness (QED) is 0.491. The molecule has 0 aromatic heterocycles. The Kier molecular flexibility index (Phi) is 7.76. The molecule has 1 fully saturated rings. The van der Waals surface area contributed by atoms with Crippen LogP contribution < -0.4 is 14.5 Å². The maximum absolute atomic E-state index is 13.5. The summed E-state index contributed by atoms with van der Waals surface area (Å²) in [5.74, 6) is -0.357. The zero-order valence-electron chi connectivity index (χ0n) is 20.4. The molecule has 0 spiro atoms. The summed E-state index contributed by atoms with van der Waals surface area (Å²) >= 11 is 0. The number of nitrogens with zero attached hydrogens (tertiary/aromatic N) is 2. The number of sulfonamides is 1. The van der Waals surface area contributed by atoms with E-state index in [0.29, 0.717) is 12.2 Å². The third-order valence-corrected chi connectivity index (χ3v) is 8.16. The van der Waals surface area contributed by atoms with Crippen molar-refractivity contribution in [1.29, 1.82) is 0 Å². The molecule has 1 saturated heterocycles. The number of nitrogens with one attached hydrogen (secondary N) is 1.